The first-order valence-corrected chi connectivity index (χ1v) is 5.55. The molecule has 0 spiro atoms. The molecule has 1 aliphatic rings. The van der Waals surface area contributed by atoms with Gasteiger partial charge in [0.15, 0.2) is 0 Å². The van der Waals surface area contributed by atoms with E-state index in [1.807, 2.05) is 6.92 Å². The molecule has 0 aromatic rings. The van der Waals surface area contributed by atoms with Gasteiger partial charge in [-0.05, 0) is 33.6 Å². The van der Waals surface area contributed by atoms with Crippen molar-refractivity contribution in [1.29, 1.82) is 0 Å². The maximum Gasteiger partial charge on any atom is 0.0780 e. The second kappa shape index (κ2) is 5.10. The fraction of sp³-hybridized carbons (Fsp3) is 1.00. The lowest BCUT2D eigenvalue weighted by atomic mass is 9.84. The molecular weight excluding hydrogens is 178 g/mol. The average molecular weight is 201 g/mol. The molecule has 0 radical (unpaired) electrons. The molecule has 84 valence electrons. The van der Waals surface area contributed by atoms with E-state index in [0.29, 0.717) is 12.5 Å². The molecule has 2 unspecified atom stereocenters. The van der Waals surface area contributed by atoms with Crippen molar-refractivity contribution in [3.8, 4) is 0 Å². The van der Waals surface area contributed by atoms with Crippen molar-refractivity contribution >= 4 is 0 Å². The Hall–Kier alpha value is -0.120. The van der Waals surface area contributed by atoms with Gasteiger partial charge in [-0.15, -0.1) is 0 Å². The Kier molecular flexibility index (Phi) is 4.35. The van der Waals surface area contributed by atoms with E-state index >= 15 is 0 Å². The van der Waals surface area contributed by atoms with E-state index in [1.165, 1.54) is 0 Å². The highest BCUT2D eigenvalue weighted by Gasteiger charge is 2.34. The summed E-state index contributed by atoms with van der Waals surface area (Å²) in [6, 6.07) is 0.0720. The summed E-state index contributed by atoms with van der Waals surface area (Å²) < 4.78 is 11.1. The van der Waals surface area contributed by atoms with Crippen molar-refractivity contribution in [2.45, 2.75) is 45.3 Å². The van der Waals surface area contributed by atoms with E-state index in [1.54, 1.807) is 0 Å². The van der Waals surface area contributed by atoms with Crippen LogP contribution in [0.4, 0.5) is 0 Å². The molecule has 0 aliphatic carbocycles. The predicted molar refractivity (Wildman–Crippen MR) is 57.2 cm³/mol. The molecule has 0 aromatic carbocycles. The van der Waals surface area contributed by atoms with Gasteiger partial charge in [0, 0.05) is 25.2 Å². The molecule has 1 saturated heterocycles. The van der Waals surface area contributed by atoms with Crippen LogP contribution < -0.4 is 5.73 Å². The van der Waals surface area contributed by atoms with Gasteiger partial charge in [-0.25, -0.2) is 0 Å². The first-order valence-electron chi connectivity index (χ1n) is 5.55. The van der Waals surface area contributed by atoms with Gasteiger partial charge in [0.2, 0.25) is 0 Å². The monoisotopic (exact) mass is 201 g/mol. The molecule has 1 fully saturated rings. The van der Waals surface area contributed by atoms with Crippen LogP contribution in [0.1, 0.15) is 33.6 Å². The minimum absolute atomic E-state index is 0.0720. The zero-order valence-corrected chi connectivity index (χ0v) is 9.58. The highest BCUT2D eigenvalue weighted by Crippen LogP contribution is 2.25. The predicted octanol–water partition coefficient (Wildman–Crippen LogP) is 1.56. The first-order chi connectivity index (χ1) is 6.58. The lowest BCUT2D eigenvalue weighted by molar-refractivity contribution is -0.0636. The molecular formula is C11H23NO2. The lowest BCUT2D eigenvalue weighted by Crippen LogP contribution is -2.52. The van der Waals surface area contributed by atoms with Crippen molar-refractivity contribution < 1.29 is 9.47 Å². The summed E-state index contributed by atoms with van der Waals surface area (Å²) in [7, 11) is 0. The molecule has 3 heteroatoms. The van der Waals surface area contributed by atoms with Gasteiger partial charge in [0.1, 0.15) is 0 Å². The molecule has 2 N–H and O–H groups in total. The van der Waals surface area contributed by atoms with Crippen LogP contribution in [0, 0.1) is 5.92 Å². The largest absolute Gasteiger partial charge is 0.381 e. The maximum atomic E-state index is 6.21. The van der Waals surface area contributed by atoms with Gasteiger partial charge in [-0.2, -0.15) is 0 Å². The van der Waals surface area contributed by atoms with Gasteiger partial charge >= 0.3 is 0 Å². The SMILES string of the molecule is CCOC(C)(C)C(N)C1CCCOC1. The number of rotatable bonds is 4. The molecule has 2 atom stereocenters. The standard InChI is InChI=1S/C11H23NO2/c1-4-14-11(2,3)10(12)9-6-5-7-13-8-9/h9-10H,4-8,12H2,1-3H3. The second-order valence-electron chi connectivity index (χ2n) is 4.54. The number of hydrogen-bond acceptors (Lipinski definition) is 3. The Morgan fingerprint density at radius 1 is 1.57 bits per heavy atom. The summed E-state index contributed by atoms with van der Waals surface area (Å²) in [6.45, 7) is 8.53. The van der Waals surface area contributed by atoms with Crippen LogP contribution >= 0.6 is 0 Å². The van der Waals surface area contributed by atoms with Crippen LogP contribution in [0.2, 0.25) is 0 Å². The molecule has 3 nitrogen and oxygen atoms in total. The Morgan fingerprint density at radius 3 is 2.79 bits per heavy atom. The number of hydrogen-bond donors (Lipinski definition) is 1. The highest BCUT2D eigenvalue weighted by molar-refractivity contribution is 4.89. The van der Waals surface area contributed by atoms with Crippen LogP contribution in [-0.2, 0) is 9.47 Å². The fourth-order valence-corrected chi connectivity index (χ4v) is 2.08. The summed E-state index contributed by atoms with van der Waals surface area (Å²) in [5.74, 6) is 0.449. The van der Waals surface area contributed by atoms with E-state index in [4.69, 9.17) is 15.2 Å². The molecule has 1 aliphatic heterocycles. The van der Waals surface area contributed by atoms with Crippen molar-refractivity contribution in [3.05, 3.63) is 0 Å². The van der Waals surface area contributed by atoms with E-state index in [9.17, 15) is 0 Å². The third-order valence-corrected chi connectivity index (χ3v) is 3.02. The minimum atomic E-state index is -0.236. The third kappa shape index (κ3) is 2.94. The normalized spacial score (nSPS) is 26.1. The van der Waals surface area contributed by atoms with Crippen LogP contribution in [-0.4, -0.2) is 31.5 Å². The van der Waals surface area contributed by atoms with Crippen LogP contribution in [0.25, 0.3) is 0 Å². The van der Waals surface area contributed by atoms with Crippen molar-refractivity contribution in [1.82, 2.24) is 0 Å². The van der Waals surface area contributed by atoms with Crippen molar-refractivity contribution in [2.24, 2.45) is 11.7 Å². The quantitative estimate of drug-likeness (QED) is 0.750. The molecule has 14 heavy (non-hydrogen) atoms. The fourth-order valence-electron chi connectivity index (χ4n) is 2.08. The molecule has 1 heterocycles. The Balaban J connectivity index is 2.48. The van der Waals surface area contributed by atoms with Crippen LogP contribution in [0.15, 0.2) is 0 Å². The van der Waals surface area contributed by atoms with Crippen molar-refractivity contribution in [3.63, 3.8) is 0 Å². The van der Waals surface area contributed by atoms with Gasteiger partial charge in [-0.1, -0.05) is 0 Å². The lowest BCUT2D eigenvalue weighted by Gasteiger charge is -2.38. The van der Waals surface area contributed by atoms with Gasteiger partial charge in [0.25, 0.3) is 0 Å². The zero-order chi connectivity index (χ0) is 10.6. The smallest absolute Gasteiger partial charge is 0.0780 e. The minimum Gasteiger partial charge on any atom is -0.381 e. The van der Waals surface area contributed by atoms with Crippen molar-refractivity contribution in [2.75, 3.05) is 19.8 Å². The zero-order valence-electron chi connectivity index (χ0n) is 9.58. The number of ether oxygens (including phenoxy) is 2. The summed E-state index contributed by atoms with van der Waals surface area (Å²) >= 11 is 0. The summed E-state index contributed by atoms with van der Waals surface area (Å²) in [6.07, 6.45) is 2.29. The molecule has 0 bridgehead atoms. The summed E-state index contributed by atoms with van der Waals surface area (Å²) in [4.78, 5) is 0. The van der Waals surface area contributed by atoms with E-state index in [2.05, 4.69) is 13.8 Å². The van der Waals surface area contributed by atoms with Gasteiger partial charge < -0.3 is 15.2 Å². The van der Waals surface area contributed by atoms with Gasteiger partial charge in [0.05, 0.1) is 12.2 Å². The Labute approximate surface area is 86.9 Å². The second-order valence-corrected chi connectivity index (χ2v) is 4.54. The molecule has 0 amide bonds. The number of nitrogens with two attached hydrogens (primary N) is 1. The van der Waals surface area contributed by atoms with Crippen LogP contribution in [0.3, 0.4) is 0 Å². The molecule has 0 saturated carbocycles. The molecule has 1 rings (SSSR count). The Morgan fingerprint density at radius 2 is 2.29 bits per heavy atom. The molecule has 0 aromatic heterocycles. The van der Waals surface area contributed by atoms with Crippen LogP contribution in [0.5, 0.6) is 0 Å². The van der Waals surface area contributed by atoms with E-state index in [-0.39, 0.29) is 11.6 Å². The van der Waals surface area contributed by atoms with Gasteiger partial charge in [-0.3, -0.25) is 0 Å². The Bertz CT molecular complexity index is 165. The average Bonchev–Trinajstić information content (AvgIpc) is 2.18. The maximum absolute atomic E-state index is 6.21. The summed E-state index contributed by atoms with van der Waals surface area (Å²) in [5, 5.41) is 0. The van der Waals surface area contributed by atoms with E-state index in [0.717, 1.165) is 26.1 Å². The summed E-state index contributed by atoms with van der Waals surface area (Å²) in [5.41, 5.74) is 5.97. The van der Waals surface area contributed by atoms with E-state index < -0.39 is 0 Å². The highest BCUT2D eigenvalue weighted by atomic mass is 16.5. The first kappa shape index (κ1) is 12.0. The third-order valence-electron chi connectivity index (χ3n) is 3.02. The topological polar surface area (TPSA) is 44.5 Å².